The molecule has 0 atom stereocenters. The molecule has 154 valence electrons. The molecule has 2 heterocycles. The number of likely N-dealkylation sites (tertiary alicyclic amines) is 1. The van der Waals surface area contributed by atoms with Crippen LogP contribution >= 0.6 is 0 Å². The van der Waals surface area contributed by atoms with Gasteiger partial charge in [-0.15, -0.1) is 0 Å². The van der Waals surface area contributed by atoms with Crippen molar-refractivity contribution >= 4 is 5.91 Å². The van der Waals surface area contributed by atoms with Crippen LogP contribution in [-0.4, -0.2) is 97.0 Å². The summed E-state index contributed by atoms with van der Waals surface area (Å²) in [6.07, 6.45) is 2.66. The summed E-state index contributed by atoms with van der Waals surface area (Å²) in [6, 6.07) is 1.11. The van der Waals surface area contributed by atoms with Crippen molar-refractivity contribution in [3.05, 3.63) is 0 Å². The van der Waals surface area contributed by atoms with Crippen LogP contribution in [-0.2, 0) is 4.79 Å². The highest BCUT2D eigenvalue weighted by molar-refractivity contribution is 5.78. The molecule has 2 saturated heterocycles. The fraction of sp³-hybridized carbons (Fsp3) is 0.952. The Morgan fingerprint density at radius 3 is 1.96 bits per heavy atom. The number of carbonyl (C=O) groups excluding carboxylic acids is 1. The number of likely N-dealkylation sites (N-methyl/N-ethyl adjacent to an activating group) is 1. The molecule has 2 fully saturated rings. The largest absolute Gasteiger partial charge is 0.339 e. The summed E-state index contributed by atoms with van der Waals surface area (Å²) < 4.78 is 0. The van der Waals surface area contributed by atoms with Gasteiger partial charge in [-0.1, -0.05) is 13.8 Å². The minimum absolute atomic E-state index is 0.288. The maximum absolute atomic E-state index is 12.4. The summed E-state index contributed by atoms with van der Waals surface area (Å²) in [4.78, 5) is 21.7. The molecule has 0 N–H and O–H groups in total. The summed E-state index contributed by atoms with van der Waals surface area (Å²) in [6.45, 7) is 21.0. The van der Waals surface area contributed by atoms with Gasteiger partial charge in [0, 0.05) is 44.8 Å². The minimum atomic E-state index is 0.288. The van der Waals surface area contributed by atoms with Gasteiger partial charge in [0.2, 0.25) is 5.91 Å². The highest BCUT2D eigenvalue weighted by Crippen LogP contribution is 2.20. The monoisotopic (exact) mass is 368 g/mol. The molecular formula is C21H44N4O. The lowest BCUT2D eigenvalue weighted by molar-refractivity contribution is -0.134. The molecule has 0 saturated carbocycles. The molecule has 0 aromatic carbocycles. The van der Waals surface area contributed by atoms with E-state index in [0.717, 1.165) is 32.1 Å². The number of carbonyl (C=O) groups is 1. The van der Waals surface area contributed by atoms with E-state index in [1.807, 2.05) is 20.9 Å². The zero-order valence-electron chi connectivity index (χ0n) is 18.5. The molecule has 2 aliphatic heterocycles. The van der Waals surface area contributed by atoms with Crippen molar-refractivity contribution in [2.24, 2.45) is 5.92 Å². The van der Waals surface area contributed by atoms with Crippen molar-refractivity contribution in [3.63, 3.8) is 0 Å². The van der Waals surface area contributed by atoms with E-state index < -0.39 is 0 Å². The number of rotatable bonds is 6. The Hall–Kier alpha value is -0.650. The summed E-state index contributed by atoms with van der Waals surface area (Å²) in [5.74, 6) is 1.13. The predicted molar refractivity (Wildman–Crippen MR) is 112 cm³/mol. The van der Waals surface area contributed by atoms with Crippen molar-refractivity contribution in [2.75, 3.05) is 59.4 Å². The third-order valence-corrected chi connectivity index (χ3v) is 5.89. The highest BCUT2D eigenvalue weighted by Gasteiger charge is 2.26. The minimum Gasteiger partial charge on any atom is -0.339 e. The predicted octanol–water partition coefficient (Wildman–Crippen LogP) is 2.62. The van der Waals surface area contributed by atoms with Crippen LogP contribution in [0.2, 0.25) is 0 Å². The number of piperidine rings is 1. The van der Waals surface area contributed by atoms with Crippen LogP contribution < -0.4 is 0 Å². The molecular weight excluding hydrogens is 324 g/mol. The van der Waals surface area contributed by atoms with Gasteiger partial charge >= 0.3 is 0 Å². The zero-order valence-corrected chi connectivity index (χ0v) is 18.5. The highest BCUT2D eigenvalue weighted by atomic mass is 16.2. The lowest BCUT2D eigenvalue weighted by Crippen LogP contribution is -2.52. The van der Waals surface area contributed by atoms with E-state index in [-0.39, 0.29) is 5.91 Å². The van der Waals surface area contributed by atoms with Gasteiger partial charge in [0.15, 0.2) is 0 Å². The van der Waals surface area contributed by atoms with Gasteiger partial charge in [0.05, 0.1) is 6.54 Å². The first-order chi connectivity index (χ1) is 12.4. The molecule has 5 nitrogen and oxygen atoms in total. The quantitative estimate of drug-likeness (QED) is 0.721. The van der Waals surface area contributed by atoms with Crippen LogP contribution in [0.1, 0.15) is 54.4 Å². The molecule has 2 rings (SSSR count). The molecule has 2 aliphatic rings. The van der Waals surface area contributed by atoms with Gasteiger partial charge in [-0.2, -0.15) is 0 Å². The number of hydrogen-bond donors (Lipinski definition) is 0. The van der Waals surface area contributed by atoms with E-state index in [9.17, 15) is 4.79 Å². The molecule has 1 amide bonds. The standard InChI is InChI=1S/C19H38N4O.C2H6/c1-16(2)20(5)15-19(24)23-12-10-21(11-13-23)14-18-6-8-22(9-7-18)17(3)4;1-2/h16-18H,6-15H2,1-5H3;1-2H3. The third-order valence-electron chi connectivity index (χ3n) is 5.89. The molecule has 0 spiro atoms. The number of hydrogen-bond acceptors (Lipinski definition) is 4. The average Bonchev–Trinajstić information content (AvgIpc) is 2.64. The van der Waals surface area contributed by atoms with Crippen LogP contribution in [0.25, 0.3) is 0 Å². The Morgan fingerprint density at radius 2 is 1.50 bits per heavy atom. The van der Waals surface area contributed by atoms with Crippen molar-refractivity contribution in [3.8, 4) is 0 Å². The van der Waals surface area contributed by atoms with Gasteiger partial charge in [0.1, 0.15) is 0 Å². The average molecular weight is 369 g/mol. The Balaban J connectivity index is 0.00000163. The van der Waals surface area contributed by atoms with Crippen LogP contribution in [0.15, 0.2) is 0 Å². The lowest BCUT2D eigenvalue weighted by atomic mass is 9.95. The molecule has 5 heteroatoms. The van der Waals surface area contributed by atoms with Crippen molar-refractivity contribution < 1.29 is 4.79 Å². The smallest absolute Gasteiger partial charge is 0.236 e. The van der Waals surface area contributed by atoms with Gasteiger partial charge < -0.3 is 9.80 Å². The van der Waals surface area contributed by atoms with Gasteiger partial charge in [-0.25, -0.2) is 0 Å². The first-order valence-electron chi connectivity index (χ1n) is 10.8. The molecule has 0 aliphatic carbocycles. The topological polar surface area (TPSA) is 30.0 Å². The zero-order chi connectivity index (χ0) is 19.7. The second-order valence-electron chi connectivity index (χ2n) is 8.26. The second-order valence-corrected chi connectivity index (χ2v) is 8.26. The van der Waals surface area contributed by atoms with E-state index in [4.69, 9.17) is 0 Å². The van der Waals surface area contributed by atoms with Crippen LogP contribution in [0.3, 0.4) is 0 Å². The van der Waals surface area contributed by atoms with E-state index in [2.05, 4.69) is 47.3 Å². The van der Waals surface area contributed by atoms with Crippen molar-refractivity contribution in [2.45, 2.75) is 66.5 Å². The number of piperazine rings is 1. The fourth-order valence-corrected chi connectivity index (χ4v) is 3.69. The first-order valence-corrected chi connectivity index (χ1v) is 10.8. The third kappa shape index (κ3) is 7.53. The van der Waals surface area contributed by atoms with Gasteiger partial charge in [-0.3, -0.25) is 14.6 Å². The Morgan fingerprint density at radius 1 is 0.962 bits per heavy atom. The molecule has 0 aromatic heterocycles. The van der Waals surface area contributed by atoms with Gasteiger partial charge in [-0.05, 0) is 66.6 Å². The second kappa shape index (κ2) is 11.9. The van der Waals surface area contributed by atoms with Crippen LogP contribution in [0.5, 0.6) is 0 Å². The molecule has 26 heavy (non-hydrogen) atoms. The molecule has 0 bridgehead atoms. The summed E-state index contributed by atoms with van der Waals surface area (Å²) in [5, 5.41) is 0. The van der Waals surface area contributed by atoms with E-state index >= 15 is 0 Å². The maximum atomic E-state index is 12.4. The van der Waals surface area contributed by atoms with Crippen LogP contribution in [0.4, 0.5) is 0 Å². The summed E-state index contributed by atoms with van der Waals surface area (Å²) in [7, 11) is 2.03. The number of amides is 1. The number of nitrogens with zero attached hydrogens (tertiary/aromatic N) is 4. The summed E-state index contributed by atoms with van der Waals surface area (Å²) in [5.41, 5.74) is 0. The lowest BCUT2D eigenvalue weighted by Gasteiger charge is -2.40. The first kappa shape index (κ1) is 23.4. The molecule has 0 unspecified atom stereocenters. The van der Waals surface area contributed by atoms with Crippen molar-refractivity contribution in [1.82, 2.24) is 19.6 Å². The molecule has 0 radical (unpaired) electrons. The molecule has 0 aromatic rings. The van der Waals surface area contributed by atoms with Crippen LogP contribution in [0, 0.1) is 5.92 Å². The normalized spacial score (nSPS) is 20.6. The van der Waals surface area contributed by atoms with Gasteiger partial charge in [0.25, 0.3) is 0 Å². The Labute approximate surface area is 162 Å². The van der Waals surface area contributed by atoms with E-state index in [0.29, 0.717) is 18.6 Å². The summed E-state index contributed by atoms with van der Waals surface area (Å²) >= 11 is 0. The Kier molecular flexibility index (Phi) is 10.7. The SMILES string of the molecule is CC.CC(C)N(C)CC(=O)N1CCN(CC2CCN(C(C)C)CC2)CC1. The Bertz CT molecular complexity index is 383. The fourth-order valence-electron chi connectivity index (χ4n) is 3.69. The maximum Gasteiger partial charge on any atom is 0.236 e. The van der Waals surface area contributed by atoms with E-state index in [1.165, 1.54) is 32.5 Å². The van der Waals surface area contributed by atoms with E-state index in [1.54, 1.807) is 0 Å². The van der Waals surface area contributed by atoms with Crippen molar-refractivity contribution in [1.29, 1.82) is 0 Å².